The molecule has 0 radical (unpaired) electrons. The Morgan fingerprint density at radius 2 is 1.69 bits per heavy atom. The van der Waals surface area contributed by atoms with Crippen LogP contribution in [0.25, 0.3) is 11.8 Å². The summed E-state index contributed by atoms with van der Waals surface area (Å²) in [6.07, 6.45) is -1.65. The van der Waals surface area contributed by atoms with Crippen LogP contribution in [0.2, 0.25) is 0 Å². The molecule has 3 rings (SSSR count). The Kier molecular flexibility index (Phi) is 4.83. The highest BCUT2D eigenvalue weighted by atomic mass is 19.4. The van der Waals surface area contributed by atoms with E-state index in [1.807, 2.05) is 0 Å². The van der Waals surface area contributed by atoms with E-state index in [0.29, 0.717) is 17.2 Å². The van der Waals surface area contributed by atoms with Crippen LogP contribution >= 0.6 is 0 Å². The molecule has 134 valence electrons. The van der Waals surface area contributed by atoms with Crippen LogP contribution in [0.4, 0.5) is 23.2 Å². The predicted molar refractivity (Wildman–Crippen MR) is 84.9 cm³/mol. The summed E-state index contributed by atoms with van der Waals surface area (Å²) in [5, 5.41) is 14.1. The lowest BCUT2D eigenvalue weighted by Crippen LogP contribution is -2.16. The Hall–Kier alpha value is -3.43. The SMILES string of the molecule is Fc1ccc(-n2nnnc2/C=C/Nc2ccc(OC(F)(F)F)cc2)cc1. The van der Waals surface area contributed by atoms with Gasteiger partial charge in [-0.25, -0.2) is 4.39 Å². The number of alkyl halides is 3. The van der Waals surface area contributed by atoms with Crippen molar-refractivity contribution in [2.24, 2.45) is 0 Å². The van der Waals surface area contributed by atoms with Gasteiger partial charge in [0.05, 0.1) is 5.69 Å². The molecule has 0 fully saturated rings. The maximum atomic E-state index is 13.0. The van der Waals surface area contributed by atoms with Gasteiger partial charge in [-0.1, -0.05) is 0 Å². The predicted octanol–water partition coefficient (Wildman–Crippen LogP) is 3.78. The largest absolute Gasteiger partial charge is 0.573 e. The summed E-state index contributed by atoms with van der Waals surface area (Å²) < 4.78 is 54.5. The first-order valence-electron chi connectivity index (χ1n) is 7.24. The number of aromatic nitrogens is 4. The summed E-state index contributed by atoms with van der Waals surface area (Å²) in [6, 6.07) is 10.8. The molecule has 0 atom stereocenters. The van der Waals surface area contributed by atoms with Crippen molar-refractivity contribution < 1.29 is 22.3 Å². The molecule has 1 aromatic heterocycles. The summed E-state index contributed by atoms with van der Waals surface area (Å²) in [6.45, 7) is 0. The molecule has 0 aliphatic carbocycles. The molecule has 0 spiro atoms. The summed E-state index contributed by atoms with van der Waals surface area (Å²) in [4.78, 5) is 0. The molecule has 0 aliphatic rings. The highest BCUT2D eigenvalue weighted by Gasteiger charge is 2.30. The number of tetrazole rings is 1. The van der Waals surface area contributed by atoms with Gasteiger partial charge >= 0.3 is 6.36 Å². The number of anilines is 1. The number of hydrogen-bond donors (Lipinski definition) is 1. The lowest BCUT2D eigenvalue weighted by molar-refractivity contribution is -0.274. The fourth-order valence-corrected chi connectivity index (χ4v) is 2.03. The molecule has 10 heteroatoms. The van der Waals surface area contributed by atoms with Crippen LogP contribution < -0.4 is 10.1 Å². The van der Waals surface area contributed by atoms with Crippen molar-refractivity contribution in [3.05, 3.63) is 66.4 Å². The molecule has 1 heterocycles. The van der Waals surface area contributed by atoms with E-state index < -0.39 is 6.36 Å². The third kappa shape index (κ3) is 4.56. The molecule has 0 amide bonds. The first-order chi connectivity index (χ1) is 12.4. The summed E-state index contributed by atoms with van der Waals surface area (Å²) in [5.74, 6) is -0.313. The van der Waals surface area contributed by atoms with E-state index in [1.165, 1.54) is 59.4 Å². The van der Waals surface area contributed by atoms with Crippen LogP contribution in [0.1, 0.15) is 5.82 Å². The smallest absolute Gasteiger partial charge is 0.406 e. The molecule has 2 aromatic carbocycles. The third-order valence-corrected chi connectivity index (χ3v) is 3.14. The van der Waals surface area contributed by atoms with Gasteiger partial charge in [0.1, 0.15) is 11.6 Å². The number of rotatable bonds is 5. The molecule has 0 saturated carbocycles. The lowest BCUT2D eigenvalue weighted by Gasteiger charge is -2.09. The Balaban J connectivity index is 1.66. The average molecular weight is 365 g/mol. The molecular weight excluding hydrogens is 354 g/mol. The minimum atomic E-state index is -4.73. The summed E-state index contributed by atoms with van der Waals surface area (Å²) in [5.41, 5.74) is 1.11. The van der Waals surface area contributed by atoms with Crippen molar-refractivity contribution in [3.63, 3.8) is 0 Å². The van der Waals surface area contributed by atoms with Crippen LogP contribution in [0, 0.1) is 5.82 Å². The van der Waals surface area contributed by atoms with Crippen LogP contribution in [0.15, 0.2) is 54.7 Å². The number of nitrogens with zero attached hydrogens (tertiary/aromatic N) is 4. The molecule has 26 heavy (non-hydrogen) atoms. The monoisotopic (exact) mass is 365 g/mol. The van der Waals surface area contributed by atoms with Gasteiger partial charge in [-0.15, -0.1) is 18.3 Å². The molecule has 1 N–H and O–H groups in total. The summed E-state index contributed by atoms with van der Waals surface area (Å²) >= 11 is 0. The molecule has 0 saturated heterocycles. The van der Waals surface area contributed by atoms with Crippen molar-refractivity contribution in [1.29, 1.82) is 0 Å². The number of hydrogen-bond acceptors (Lipinski definition) is 5. The second kappa shape index (κ2) is 7.21. The minimum Gasteiger partial charge on any atom is -0.406 e. The Bertz CT molecular complexity index is 888. The van der Waals surface area contributed by atoms with Gasteiger partial charge in [0, 0.05) is 18.0 Å². The van der Waals surface area contributed by atoms with Crippen molar-refractivity contribution in [1.82, 2.24) is 20.2 Å². The number of nitrogens with one attached hydrogen (secondary N) is 1. The first kappa shape index (κ1) is 17.4. The normalized spacial score (nSPS) is 11.7. The van der Waals surface area contributed by atoms with Crippen molar-refractivity contribution in [2.75, 3.05) is 5.32 Å². The van der Waals surface area contributed by atoms with E-state index in [1.54, 1.807) is 6.08 Å². The topological polar surface area (TPSA) is 64.9 Å². The molecule has 3 aromatic rings. The standard InChI is InChI=1S/C16H11F4N5O/c17-11-1-5-13(6-2-11)25-15(22-23-24-25)9-10-21-12-3-7-14(8-4-12)26-16(18,19)20/h1-10,21H/b10-9+. The van der Waals surface area contributed by atoms with Crippen LogP contribution in [-0.2, 0) is 0 Å². The summed E-state index contributed by atoms with van der Waals surface area (Å²) in [7, 11) is 0. The molecule has 0 unspecified atom stereocenters. The highest BCUT2D eigenvalue weighted by molar-refractivity contribution is 5.53. The second-order valence-electron chi connectivity index (χ2n) is 4.98. The molecule has 6 nitrogen and oxygen atoms in total. The first-order valence-corrected chi connectivity index (χ1v) is 7.24. The van der Waals surface area contributed by atoms with E-state index in [4.69, 9.17) is 0 Å². The van der Waals surface area contributed by atoms with Crippen molar-refractivity contribution in [3.8, 4) is 11.4 Å². The third-order valence-electron chi connectivity index (χ3n) is 3.14. The van der Waals surface area contributed by atoms with Crippen molar-refractivity contribution in [2.45, 2.75) is 6.36 Å². The van der Waals surface area contributed by atoms with E-state index in [0.717, 1.165) is 0 Å². The van der Waals surface area contributed by atoms with Gasteiger partial charge in [-0.05, 0) is 59.0 Å². The van der Waals surface area contributed by atoms with Crippen LogP contribution in [-0.4, -0.2) is 26.6 Å². The van der Waals surface area contributed by atoms with Gasteiger partial charge in [-0.3, -0.25) is 0 Å². The minimum absolute atomic E-state index is 0.313. The fraction of sp³-hybridized carbons (Fsp3) is 0.0625. The van der Waals surface area contributed by atoms with Gasteiger partial charge in [0.25, 0.3) is 0 Å². The van der Waals surface area contributed by atoms with Crippen molar-refractivity contribution >= 4 is 11.8 Å². The van der Waals surface area contributed by atoms with Crippen LogP contribution in [0.3, 0.4) is 0 Å². The fourth-order valence-electron chi connectivity index (χ4n) is 2.03. The quantitative estimate of drug-likeness (QED) is 0.697. The second-order valence-corrected chi connectivity index (χ2v) is 4.98. The van der Waals surface area contributed by atoms with E-state index in [-0.39, 0.29) is 11.6 Å². The van der Waals surface area contributed by atoms with E-state index >= 15 is 0 Å². The number of ether oxygens (including phenoxy) is 1. The van der Waals surface area contributed by atoms with E-state index in [9.17, 15) is 17.6 Å². The number of halogens is 4. The zero-order valence-corrected chi connectivity index (χ0v) is 13.0. The van der Waals surface area contributed by atoms with Gasteiger partial charge in [0.15, 0.2) is 5.82 Å². The van der Waals surface area contributed by atoms with Gasteiger partial charge in [-0.2, -0.15) is 4.68 Å². The van der Waals surface area contributed by atoms with Crippen LogP contribution in [0.5, 0.6) is 5.75 Å². The Labute approximate surface area is 144 Å². The van der Waals surface area contributed by atoms with E-state index in [2.05, 4.69) is 25.6 Å². The zero-order valence-electron chi connectivity index (χ0n) is 13.0. The molecular formula is C16H11F4N5O. The molecule has 0 aliphatic heterocycles. The average Bonchev–Trinajstić information content (AvgIpc) is 3.04. The molecule has 0 bridgehead atoms. The van der Waals surface area contributed by atoms with Gasteiger partial charge < -0.3 is 10.1 Å². The zero-order chi connectivity index (χ0) is 18.6. The Morgan fingerprint density at radius 3 is 2.35 bits per heavy atom. The maximum Gasteiger partial charge on any atom is 0.573 e. The highest BCUT2D eigenvalue weighted by Crippen LogP contribution is 2.24. The van der Waals surface area contributed by atoms with Gasteiger partial charge in [0.2, 0.25) is 0 Å². The maximum absolute atomic E-state index is 13.0. The number of benzene rings is 2. The lowest BCUT2D eigenvalue weighted by atomic mass is 10.3. The Morgan fingerprint density at radius 1 is 1.00 bits per heavy atom.